The summed E-state index contributed by atoms with van der Waals surface area (Å²) in [7, 11) is 1.55. The molecule has 0 fully saturated rings. The van der Waals surface area contributed by atoms with Gasteiger partial charge in [0.25, 0.3) is 5.91 Å². The Morgan fingerprint density at radius 2 is 2.04 bits per heavy atom. The molecule has 2 heterocycles. The fraction of sp³-hybridized carbons (Fsp3) is 0.333. The lowest BCUT2D eigenvalue weighted by Gasteiger charge is -2.11. The first kappa shape index (κ1) is 19.5. The number of aryl methyl sites for hydroxylation is 3. The van der Waals surface area contributed by atoms with Crippen LogP contribution in [0.1, 0.15) is 47.0 Å². The van der Waals surface area contributed by atoms with Gasteiger partial charge in [-0.2, -0.15) is 5.10 Å². The molecule has 0 radical (unpaired) electrons. The van der Waals surface area contributed by atoms with Crippen molar-refractivity contribution in [2.75, 3.05) is 12.4 Å². The molecule has 1 aromatic carbocycles. The number of anilines is 1. The molecular weight excluding hydrogens is 354 g/mol. The van der Waals surface area contributed by atoms with E-state index in [0.29, 0.717) is 23.4 Å². The molecule has 2 aromatic heterocycles. The number of methoxy groups -OCH3 is 1. The SMILES string of the molecule is CCc1cc(C)nc(Cc2ccc(OC)c(C(=O)Nc3cnn(CC)c3)c2)n1. The van der Waals surface area contributed by atoms with Gasteiger partial charge in [-0.05, 0) is 44.0 Å². The van der Waals surface area contributed by atoms with Crippen molar-refractivity contribution in [1.29, 1.82) is 0 Å². The van der Waals surface area contributed by atoms with Gasteiger partial charge in [-0.1, -0.05) is 13.0 Å². The van der Waals surface area contributed by atoms with E-state index in [-0.39, 0.29) is 5.91 Å². The molecule has 0 saturated carbocycles. The largest absolute Gasteiger partial charge is 0.496 e. The van der Waals surface area contributed by atoms with Gasteiger partial charge in [0.2, 0.25) is 0 Å². The number of aromatic nitrogens is 4. The number of carbonyl (C=O) groups excluding carboxylic acids is 1. The number of benzene rings is 1. The van der Waals surface area contributed by atoms with Gasteiger partial charge in [0.05, 0.1) is 24.6 Å². The highest BCUT2D eigenvalue weighted by Gasteiger charge is 2.15. The fourth-order valence-corrected chi connectivity index (χ4v) is 2.98. The lowest BCUT2D eigenvalue weighted by molar-refractivity contribution is 0.102. The third-order valence-electron chi connectivity index (χ3n) is 4.40. The number of nitrogens with one attached hydrogen (secondary N) is 1. The number of hydrogen-bond donors (Lipinski definition) is 1. The first-order valence-electron chi connectivity index (χ1n) is 9.36. The quantitative estimate of drug-likeness (QED) is 0.680. The van der Waals surface area contributed by atoms with Crippen molar-refractivity contribution in [2.24, 2.45) is 0 Å². The molecule has 0 unspecified atom stereocenters. The average Bonchev–Trinajstić information content (AvgIpc) is 3.15. The highest BCUT2D eigenvalue weighted by Crippen LogP contribution is 2.22. The Morgan fingerprint density at radius 1 is 1.21 bits per heavy atom. The summed E-state index contributed by atoms with van der Waals surface area (Å²) in [6.07, 6.45) is 4.83. The molecule has 0 aliphatic heterocycles. The van der Waals surface area contributed by atoms with Crippen molar-refractivity contribution in [3.8, 4) is 5.75 Å². The van der Waals surface area contributed by atoms with Crippen molar-refractivity contribution in [2.45, 2.75) is 40.2 Å². The Bertz CT molecular complexity index is 981. The van der Waals surface area contributed by atoms with Crippen LogP contribution < -0.4 is 10.1 Å². The van der Waals surface area contributed by atoms with Gasteiger partial charge in [0, 0.05) is 30.6 Å². The van der Waals surface area contributed by atoms with Crippen LogP contribution in [0.5, 0.6) is 5.75 Å². The summed E-state index contributed by atoms with van der Waals surface area (Å²) in [5.41, 5.74) is 4.02. The number of nitrogens with zero attached hydrogens (tertiary/aromatic N) is 4. The molecular formula is C21H25N5O2. The Labute approximate surface area is 164 Å². The highest BCUT2D eigenvalue weighted by atomic mass is 16.5. The minimum atomic E-state index is -0.242. The summed E-state index contributed by atoms with van der Waals surface area (Å²) in [5, 5.41) is 7.05. The summed E-state index contributed by atoms with van der Waals surface area (Å²) >= 11 is 0. The summed E-state index contributed by atoms with van der Waals surface area (Å²) in [6.45, 7) is 6.77. The predicted molar refractivity (Wildman–Crippen MR) is 108 cm³/mol. The monoisotopic (exact) mass is 379 g/mol. The number of carbonyl (C=O) groups is 1. The fourth-order valence-electron chi connectivity index (χ4n) is 2.98. The third kappa shape index (κ3) is 4.54. The van der Waals surface area contributed by atoms with Crippen LogP contribution in [0.15, 0.2) is 36.7 Å². The third-order valence-corrected chi connectivity index (χ3v) is 4.40. The molecule has 7 heteroatoms. The first-order valence-corrected chi connectivity index (χ1v) is 9.36. The van der Waals surface area contributed by atoms with Crippen LogP contribution in [0.2, 0.25) is 0 Å². The molecule has 0 saturated heterocycles. The first-order chi connectivity index (χ1) is 13.5. The Hall–Kier alpha value is -3.22. The van der Waals surface area contributed by atoms with Crippen molar-refractivity contribution in [1.82, 2.24) is 19.7 Å². The van der Waals surface area contributed by atoms with Crippen LogP contribution >= 0.6 is 0 Å². The average molecular weight is 379 g/mol. The molecule has 1 N–H and O–H groups in total. The molecule has 3 rings (SSSR count). The zero-order valence-corrected chi connectivity index (χ0v) is 16.7. The van der Waals surface area contributed by atoms with E-state index in [2.05, 4.69) is 27.3 Å². The maximum atomic E-state index is 12.8. The Morgan fingerprint density at radius 3 is 2.71 bits per heavy atom. The summed E-state index contributed by atoms with van der Waals surface area (Å²) < 4.78 is 7.13. The Balaban J connectivity index is 1.85. The van der Waals surface area contributed by atoms with Crippen molar-refractivity contribution in [3.05, 3.63) is 65.0 Å². The van der Waals surface area contributed by atoms with Gasteiger partial charge in [-0.25, -0.2) is 9.97 Å². The maximum Gasteiger partial charge on any atom is 0.259 e. The summed E-state index contributed by atoms with van der Waals surface area (Å²) in [5.74, 6) is 1.02. The van der Waals surface area contributed by atoms with E-state index < -0.39 is 0 Å². The molecule has 28 heavy (non-hydrogen) atoms. The van der Waals surface area contributed by atoms with Gasteiger partial charge >= 0.3 is 0 Å². The van der Waals surface area contributed by atoms with Gasteiger partial charge in [0.15, 0.2) is 0 Å². The number of ether oxygens (including phenoxy) is 1. The summed E-state index contributed by atoms with van der Waals surface area (Å²) in [4.78, 5) is 21.9. The zero-order chi connectivity index (χ0) is 20.1. The smallest absolute Gasteiger partial charge is 0.259 e. The van der Waals surface area contributed by atoms with Crippen LogP contribution in [-0.2, 0) is 19.4 Å². The normalized spacial score (nSPS) is 10.7. The maximum absolute atomic E-state index is 12.8. The highest BCUT2D eigenvalue weighted by molar-refractivity contribution is 6.06. The second-order valence-corrected chi connectivity index (χ2v) is 6.52. The van der Waals surface area contributed by atoms with Crippen molar-refractivity contribution < 1.29 is 9.53 Å². The second kappa shape index (κ2) is 8.65. The lowest BCUT2D eigenvalue weighted by atomic mass is 10.1. The van der Waals surface area contributed by atoms with Crippen LogP contribution in [0.25, 0.3) is 0 Å². The minimum absolute atomic E-state index is 0.242. The molecule has 0 aliphatic carbocycles. The molecule has 0 atom stereocenters. The molecule has 1 amide bonds. The molecule has 7 nitrogen and oxygen atoms in total. The van der Waals surface area contributed by atoms with Gasteiger partial charge < -0.3 is 10.1 Å². The van der Waals surface area contributed by atoms with E-state index in [1.807, 2.05) is 32.0 Å². The van der Waals surface area contributed by atoms with Crippen molar-refractivity contribution >= 4 is 11.6 Å². The van der Waals surface area contributed by atoms with Crippen LogP contribution in [0.3, 0.4) is 0 Å². The minimum Gasteiger partial charge on any atom is -0.496 e. The molecule has 0 aliphatic rings. The number of amides is 1. The van der Waals surface area contributed by atoms with Gasteiger partial charge in [-0.3, -0.25) is 9.48 Å². The molecule has 146 valence electrons. The standard InChI is InChI=1S/C21H25N5O2/c1-5-16-9-14(3)23-20(24-16)11-15-7-8-19(28-4)18(10-15)21(27)25-17-12-22-26(6-2)13-17/h7-10,12-13H,5-6,11H2,1-4H3,(H,25,27). The molecule has 0 bridgehead atoms. The van der Waals surface area contributed by atoms with Crippen LogP contribution in [0, 0.1) is 6.92 Å². The number of rotatable bonds is 7. The topological polar surface area (TPSA) is 81.9 Å². The van der Waals surface area contributed by atoms with E-state index in [9.17, 15) is 4.79 Å². The van der Waals surface area contributed by atoms with Gasteiger partial charge in [0.1, 0.15) is 11.6 Å². The molecule has 3 aromatic rings. The predicted octanol–water partition coefficient (Wildman–Crippen LogP) is 3.42. The van der Waals surface area contributed by atoms with E-state index in [1.54, 1.807) is 30.3 Å². The van der Waals surface area contributed by atoms with Crippen LogP contribution in [-0.4, -0.2) is 32.8 Å². The van der Waals surface area contributed by atoms with E-state index in [1.165, 1.54) is 0 Å². The Kier molecular flexibility index (Phi) is 6.03. The van der Waals surface area contributed by atoms with E-state index in [4.69, 9.17) is 4.74 Å². The van der Waals surface area contributed by atoms with Crippen molar-refractivity contribution in [3.63, 3.8) is 0 Å². The zero-order valence-electron chi connectivity index (χ0n) is 16.7. The van der Waals surface area contributed by atoms with E-state index >= 15 is 0 Å². The van der Waals surface area contributed by atoms with Crippen LogP contribution in [0.4, 0.5) is 5.69 Å². The summed E-state index contributed by atoms with van der Waals surface area (Å²) in [6, 6.07) is 7.56. The van der Waals surface area contributed by atoms with Gasteiger partial charge in [-0.15, -0.1) is 0 Å². The molecule has 0 spiro atoms. The lowest BCUT2D eigenvalue weighted by Crippen LogP contribution is -2.13. The van der Waals surface area contributed by atoms with E-state index in [0.717, 1.165) is 35.7 Å². The number of hydrogen-bond acceptors (Lipinski definition) is 5. The second-order valence-electron chi connectivity index (χ2n) is 6.52.